The van der Waals surface area contributed by atoms with Gasteiger partial charge in [-0.2, -0.15) is 0 Å². The highest BCUT2D eigenvalue weighted by molar-refractivity contribution is 6.23. The zero-order valence-corrected chi connectivity index (χ0v) is 9.74. The number of carbonyl (C=O) groups is 1. The molecule has 0 aromatic heterocycles. The first-order valence-corrected chi connectivity index (χ1v) is 5.65. The Labute approximate surface area is 99.3 Å². The van der Waals surface area contributed by atoms with E-state index < -0.39 is 5.60 Å². The minimum absolute atomic E-state index is 0.129. The second-order valence-corrected chi connectivity index (χ2v) is 4.26. The topological polar surface area (TPSA) is 35.5 Å². The fourth-order valence-corrected chi connectivity index (χ4v) is 2.19. The molecule has 0 N–H and O–H groups in total. The summed E-state index contributed by atoms with van der Waals surface area (Å²) in [7, 11) is 0. The number of benzene rings is 1. The molecule has 0 bridgehead atoms. The summed E-state index contributed by atoms with van der Waals surface area (Å²) >= 11 is 6.01. The maximum Gasteiger partial charge on any atom is 0.294 e. The summed E-state index contributed by atoms with van der Waals surface area (Å²) in [5.41, 5.74) is 0.302. The molecule has 0 saturated heterocycles. The monoisotopic (exact) mass is 240 g/mol. The van der Waals surface area contributed by atoms with Gasteiger partial charge in [0, 0.05) is 6.42 Å². The number of halogens is 1. The van der Waals surface area contributed by atoms with Gasteiger partial charge >= 0.3 is 0 Å². The molecule has 1 fully saturated rings. The van der Waals surface area contributed by atoms with Gasteiger partial charge in [-0.1, -0.05) is 12.1 Å². The van der Waals surface area contributed by atoms with E-state index >= 15 is 0 Å². The molecule has 16 heavy (non-hydrogen) atoms. The summed E-state index contributed by atoms with van der Waals surface area (Å²) in [5.74, 6) is 0.805. The van der Waals surface area contributed by atoms with Crippen molar-refractivity contribution in [3.63, 3.8) is 0 Å². The third-order valence-corrected chi connectivity index (χ3v) is 3.25. The third kappa shape index (κ3) is 1.87. The number of hydrogen-bond donors (Lipinski definition) is 0. The maximum absolute atomic E-state index is 10.4. The first kappa shape index (κ1) is 11.3. The minimum Gasteiger partial charge on any atom is -0.494 e. The number of carbonyl (C=O) groups excluding carboxylic acids is 1. The zero-order valence-electron chi connectivity index (χ0n) is 8.98. The lowest BCUT2D eigenvalue weighted by molar-refractivity contribution is -0.135. The standard InChI is InChI=1S/C12H13ClO3/c1-2-15-10-5-3-9(4-6-10)12(16-8-14)7-11(12)13/h3-6,8,11H,2,7H2,1H3. The van der Waals surface area contributed by atoms with Crippen molar-refractivity contribution in [1.29, 1.82) is 0 Å². The molecule has 0 radical (unpaired) electrons. The molecule has 1 aromatic rings. The van der Waals surface area contributed by atoms with E-state index in [9.17, 15) is 4.79 Å². The Bertz CT molecular complexity index is 376. The number of ether oxygens (including phenoxy) is 2. The maximum atomic E-state index is 10.4. The average molecular weight is 241 g/mol. The Kier molecular flexibility index (Phi) is 3.06. The van der Waals surface area contributed by atoms with Crippen molar-refractivity contribution in [3.05, 3.63) is 29.8 Å². The molecule has 1 aliphatic carbocycles. The van der Waals surface area contributed by atoms with Gasteiger partial charge in [-0.15, -0.1) is 11.6 Å². The Balaban J connectivity index is 2.17. The molecule has 2 rings (SSSR count). The highest BCUT2D eigenvalue weighted by Crippen LogP contribution is 2.52. The lowest BCUT2D eigenvalue weighted by Crippen LogP contribution is -2.14. The predicted molar refractivity (Wildman–Crippen MR) is 60.7 cm³/mol. The van der Waals surface area contributed by atoms with Gasteiger partial charge in [0.15, 0.2) is 5.60 Å². The van der Waals surface area contributed by atoms with Gasteiger partial charge in [0.1, 0.15) is 5.75 Å². The van der Waals surface area contributed by atoms with Crippen molar-refractivity contribution in [3.8, 4) is 5.75 Å². The summed E-state index contributed by atoms with van der Waals surface area (Å²) in [4.78, 5) is 10.4. The SMILES string of the molecule is CCOc1ccc(C2(OC=O)CC2Cl)cc1. The van der Waals surface area contributed by atoms with Crippen LogP contribution in [0.1, 0.15) is 18.9 Å². The number of rotatable bonds is 5. The van der Waals surface area contributed by atoms with Crippen LogP contribution in [-0.4, -0.2) is 18.5 Å². The molecule has 0 aliphatic heterocycles. The highest BCUT2D eigenvalue weighted by atomic mass is 35.5. The van der Waals surface area contributed by atoms with Gasteiger partial charge in [-0.3, -0.25) is 4.79 Å². The molecule has 1 aliphatic rings. The molecule has 3 nitrogen and oxygen atoms in total. The van der Waals surface area contributed by atoms with E-state index in [2.05, 4.69) is 0 Å². The van der Waals surface area contributed by atoms with Crippen LogP contribution in [0.25, 0.3) is 0 Å². The highest BCUT2D eigenvalue weighted by Gasteiger charge is 2.57. The molecular weight excluding hydrogens is 228 g/mol. The van der Waals surface area contributed by atoms with Gasteiger partial charge in [-0.05, 0) is 24.6 Å². The molecule has 86 valence electrons. The molecule has 0 amide bonds. The van der Waals surface area contributed by atoms with E-state index in [1.165, 1.54) is 0 Å². The largest absolute Gasteiger partial charge is 0.494 e. The van der Waals surface area contributed by atoms with Gasteiger partial charge in [0.05, 0.1) is 12.0 Å². The Hall–Kier alpha value is -1.22. The van der Waals surface area contributed by atoms with Crippen LogP contribution >= 0.6 is 11.6 Å². The zero-order chi connectivity index (χ0) is 11.6. The van der Waals surface area contributed by atoms with Crippen LogP contribution in [0.15, 0.2) is 24.3 Å². The predicted octanol–water partition coefficient (Wildman–Crippen LogP) is 2.46. The molecule has 2 atom stereocenters. The molecule has 2 unspecified atom stereocenters. The van der Waals surface area contributed by atoms with Crippen molar-refractivity contribution < 1.29 is 14.3 Å². The van der Waals surface area contributed by atoms with Crippen LogP contribution < -0.4 is 4.74 Å². The van der Waals surface area contributed by atoms with Crippen LogP contribution in [0.5, 0.6) is 5.75 Å². The van der Waals surface area contributed by atoms with Crippen molar-refractivity contribution in [1.82, 2.24) is 0 Å². The van der Waals surface area contributed by atoms with Gasteiger partial charge in [-0.25, -0.2) is 0 Å². The minimum atomic E-state index is -0.617. The first-order valence-electron chi connectivity index (χ1n) is 5.22. The molecule has 0 spiro atoms. The van der Waals surface area contributed by atoms with Crippen LogP contribution in [0, 0.1) is 0 Å². The normalized spacial score (nSPS) is 27.2. The molecule has 1 aromatic carbocycles. The van der Waals surface area contributed by atoms with E-state index in [-0.39, 0.29) is 5.38 Å². The second kappa shape index (κ2) is 4.34. The summed E-state index contributed by atoms with van der Waals surface area (Å²) in [6, 6.07) is 7.49. The number of hydrogen-bond acceptors (Lipinski definition) is 3. The van der Waals surface area contributed by atoms with Crippen molar-refractivity contribution in [2.45, 2.75) is 24.3 Å². The van der Waals surface area contributed by atoms with Gasteiger partial charge in [0.25, 0.3) is 6.47 Å². The lowest BCUT2D eigenvalue weighted by atomic mass is 10.1. The van der Waals surface area contributed by atoms with E-state index in [1.54, 1.807) is 0 Å². The lowest BCUT2D eigenvalue weighted by Gasteiger charge is -2.14. The number of alkyl halides is 1. The Morgan fingerprint density at radius 2 is 2.12 bits per heavy atom. The third-order valence-electron chi connectivity index (χ3n) is 2.74. The van der Waals surface area contributed by atoms with Crippen molar-refractivity contribution >= 4 is 18.1 Å². The van der Waals surface area contributed by atoms with Crippen LogP contribution in [0.2, 0.25) is 0 Å². The van der Waals surface area contributed by atoms with E-state index in [0.29, 0.717) is 19.5 Å². The molecule has 0 heterocycles. The van der Waals surface area contributed by atoms with E-state index in [1.807, 2.05) is 31.2 Å². The van der Waals surface area contributed by atoms with Crippen molar-refractivity contribution in [2.75, 3.05) is 6.61 Å². The summed E-state index contributed by atoms with van der Waals surface area (Å²) in [6.07, 6.45) is 0.668. The molecule has 1 saturated carbocycles. The van der Waals surface area contributed by atoms with Crippen molar-refractivity contribution in [2.24, 2.45) is 0 Å². The second-order valence-electron chi connectivity index (χ2n) is 3.73. The smallest absolute Gasteiger partial charge is 0.294 e. The molecular formula is C12H13ClO3. The van der Waals surface area contributed by atoms with E-state index in [0.717, 1.165) is 11.3 Å². The fraction of sp³-hybridized carbons (Fsp3) is 0.417. The Morgan fingerprint density at radius 3 is 2.56 bits per heavy atom. The van der Waals surface area contributed by atoms with Gasteiger partial charge in [0.2, 0.25) is 0 Å². The first-order chi connectivity index (χ1) is 7.73. The van der Waals surface area contributed by atoms with Gasteiger partial charge < -0.3 is 9.47 Å². The quantitative estimate of drug-likeness (QED) is 0.586. The van der Waals surface area contributed by atoms with Crippen LogP contribution in [0.3, 0.4) is 0 Å². The summed E-state index contributed by atoms with van der Waals surface area (Å²) in [6.45, 7) is 3.02. The Morgan fingerprint density at radius 1 is 1.50 bits per heavy atom. The summed E-state index contributed by atoms with van der Waals surface area (Å²) < 4.78 is 10.4. The molecule has 4 heteroatoms. The van der Waals surface area contributed by atoms with E-state index in [4.69, 9.17) is 21.1 Å². The van der Waals surface area contributed by atoms with Crippen LogP contribution in [-0.2, 0) is 15.1 Å². The average Bonchev–Trinajstić information content (AvgIpc) is 2.92. The summed E-state index contributed by atoms with van der Waals surface area (Å²) in [5, 5.41) is -0.129. The fourth-order valence-electron chi connectivity index (χ4n) is 1.78. The van der Waals surface area contributed by atoms with Crippen LogP contribution in [0.4, 0.5) is 0 Å².